The summed E-state index contributed by atoms with van der Waals surface area (Å²) in [5, 5.41) is 18.2. The van der Waals surface area contributed by atoms with Gasteiger partial charge >= 0.3 is 0 Å². The Hall–Kier alpha value is -1.53. The molecule has 15 heavy (non-hydrogen) atoms. The van der Waals surface area contributed by atoms with Crippen LogP contribution < -0.4 is 4.74 Å². The van der Waals surface area contributed by atoms with Crippen molar-refractivity contribution in [1.29, 1.82) is 5.26 Å². The fraction of sp³-hybridized carbons (Fsp3) is 0.417. The average molecular weight is 205 g/mol. The molecule has 2 unspecified atom stereocenters. The minimum absolute atomic E-state index is 0.510. The van der Waals surface area contributed by atoms with Gasteiger partial charge in [0.05, 0.1) is 6.10 Å². The average Bonchev–Trinajstić information content (AvgIpc) is 2.17. The Labute approximate surface area is 89.9 Å². The highest BCUT2D eigenvalue weighted by Gasteiger charge is 2.11. The monoisotopic (exact) mass is 205 g/mol. The van der Waals surface area contributed by atoms with E-state index in [1.54, 1.807) is 13.8 Å². The molecule has 1 aromatic carbocycles. The maximum Gasteiger partial charge on any atom is 0.181 e. The summed E-state index contributed by atoms with van der Waals surface area (Å²) in [6, 6.07) is 7.55. The van der Waals surface area contributed by atoms with Crippen molar-refractivity contribution in [3.05, 3.63) is 29.3 Å². The van der Waals surface area contributed by atoms with Gasteiger partial charge in [0.2, 0.25) is 0 Å². The molecule has 2 atom stereocenters. The summed E-state index contributed by atoms with van der Waals surface area (Å²) in [4.78, 5) is 0. The number of hydrogen-bond donors (Lipinski definition) is 1. The Kier molecular flexibility index (Phi) is 3.70. The molecule has 3 heteroatoms. The van der Waals surface area contributed by atoms with Gasteiger partial charge in [0.25, 0.3) is 0 Å². The second-order valence-electron chi connectivity index (χ2n) is 3.61. The lowest BCUT2D eigenvalue weighted by Gasteiger charge is -2.15. The van der Waals surface area contributed by atoms with Crippen LogP contribution in [0.15, 0.2) is 18.2 Å². The third-order valence-electron chi connectivity index (χ3n) is 2.10. The SMILES string of the molecule is Cc1ccc(C(C)O)c(OC(C)C#N)c1. The second-order valence-corrected chi connectivity index (χ2v) is 3.61. The molecule has 0 aliphatic carbocycles. The number of nitrogens with zero attached hydrogens (tertiary/aromatic N) is 1. The predicted molar refractivity (Wildman–Crippen MR) is 57.5 cm³/mol. The van der Waals surface area contributed by atoms with E-state index in [0.29, 0.717) is 11.3 Å². The Morgan fingerprint density at radius 2 is 2.07 bits per heavy atom. The molecule has 0 aliphatic heterocycles. The van der Waals surface area contributed by atoms with Crippen LogP contribution in [0.5, 0.6) is 5.75 Å². The van der Waals surface area contributed by atoms with Gasteiger partial charge in [-0.2, -0.15) is 5.26 Å². The van der Waals surface area contributed by atoms with Crippen molar-refractivity contribution in [2.24, 2.45) is 0 Å². The lowest BCUT2D eigenvalue weighted by molar-refractivity contribution is 0.187. The molecule has 80 valence electrons. The zero-order chi connectivity index (χ0) is 11.4. The summed E-state index contributed by atoms with van der Waals surface area (Å²) >= 11 is 0. The molecular weight excluding hydrogens is 190 g/mol. The molecule has 0 radical (unpaired) electrons. The van der Waals surface area contributed by atoms with Gasteiger partial charge in [-0.3, -0.25) is 0 Å². The topological polar surface area (TPSA) is 53.2 Å². The molecular formula is C12H15NO2. The van der Waals surface area contributed by atoms with Gasteiger partial charge in [0.1, 0.15) is 11.8 Å². The van der Waals surface area contributed by atoms with E-state index in [1.807, 2.05) is 31.2 Å². The number of aliphatic hydroxyl groups excluding tert-OH is 1. The van der Waals surface area contributed by atoms with E-state index in [2.05, 4.69) is 0 Å². The van der Waals surface area contributed by atoms with Crippen LogP contribution in [-0.2, 0) is 0 Å². The molecule has 0 saturated carbocycles. The minimum atomic E-state index is -0.591. The Morgan fingerprint density at radius 3 is 2.60 bits per heavy atom. The maximum absolute atomic E-state index is 9.52. The second kappa shape index (κ2) is 4.81. The quantitative estimate of drug-likeness (QED) is 0.824. The Balaban J connectivity index is 3.03. The summed E-state index contributed by atoms with van der Waals surface area (Å²) in [6.07, 6.45) is -1.10. The highest BCUT2D eigenvalue weighted by molar-refractivity contribution is 5.38. The largest absolute Gasteiger partial charge is 0.475 e. The van der Waals surface area contributed by atoms with Crippen LogP contribution in [0.3, 0.4) is 0 Å². The standard InChI is InChI=1S/C12H15NO2/c1-8-4-5-11(10(3)14)12(6-8)15-9(2)7-13/h4-6,9-10,14H,1-3H3. The number of nitriles is 1. The smallest absolute Gasteiger partial charge is 0.181 e. The summed E-state index contributed by atoms with van der Waals surface area (Å²) in [6.45, 7) is 5.29. The minimum Gasteiger partial charge on any atom is -0.475 e. The molecule has 0 spiro atoms. The third-order valence-corrected chi connectivity index (χ3v) is 2.10. The highest BCUT2D eigenvalue weighted by atomic mass is 16.5. The molecule has 0 aliphatic rings. The lowest BCUT2D eigenvalue weighted by Crippen LogP contribution is -2.10. The van der Waals surface area contributed by atoms with Crippen LogP contribution in [-0.4, -0.2) is 11.2 Å². The zero-order valence-electron chi connectivity index (χ0n) is 9.19. The van der Waals surface area contributed by atoms with Crippen molar-refractivity contribution in [3.8, 4) is 11.8 Å². The van der Waals surface area contributed by atoms with Gasteiger partial charge < -0.3 is 9.84 Å². The predicted octanol–water partition coefficient (Wildman–Crippen LogP) is 2.34. The maximum atomic E-state index is 9.52. The van der Waals surface area contributed by atoms with Gasteiger partial charge in [-0.1, -0.05) is 12.1 Å². The van der Waals surface area contributed by atoms with E-state index in [-0.39, 0.29) is 0 Å². The molecule has 1 aromatic rings. The van der Waals surface area contributed by atoms with Gasteiger partial charge in [-0.25, -0.2) is 0 Å². The summed E-state index contributed by atoms with van der Waals surface area (Å²) in [7, 11) is 0. The number of hydrogen-bond acceptors (Lipinski definition) is 3. The fourth-order valence-corrected chi connectivity index (χ4v) is 1.31. The molecule has 0 heterocycles. The summed E-state index contributed by atoms with van der Waals surface area (Å²) in [5.41, 5.74) is 1.75. The van der Waals surface area contributed by atoms with Crippen molar-refractivity contribution >= 4 is 0 Å². The molecule has 0 aromatic heterocycles. The fourth-order valence-electron chi connectivity index (χ4n) is 1.31. The first-order valence-corrected chi connectivity index (χ1v) is 4.89. The van der Waals surface area contributed by atoms with Crippen LogP contribution in [0.2, 0.25) is 0 Å². The van der Waals surface area contributed by atoms with Crippen LogP contribution in [0.1, 0.15) is 31.1 Å². The van der Waals surface area contributed by atoms with E-state index in [0.717, 1.165) is 5.56 Å². The summed E-state index contributed by atoms with van der Waals surface area (Å²) in [5.74, 6) is 0.582. The van der Waals surface area contributed by atoms with E-state index >= 15 is 0 Å². The van der Waals surface area contributed by atoms with Gasteiger partial charge in [0.15, 0.2) is 6.10 Å². The van der Waals surface area contributed by atoms with Gasteiger partial charge in [-0.15, -0.1) is 0 Å². The first-order valence-electron chi connectivity index (χ1n) is 4.89. The van der Waals surface area contributed by atoms with E-state index in [9.17, 15) is 5.11 Å². The number of aryl methyl sites for hydroxylation is 1. The molecule has 0 amide bonds. The molecule has 1 N–H and O–H groups in total. The van der Waals surface area contributed by atoms with Gasteiger partial charge in [-0.05, 0) is 32.4 Å². The number of benzene rings is 1. The molecule has 0 bridgehead atoms. The number of rotatable bonds is 3. The van der Waals surface area contributed by atoms with Crippen LogP contribution in [0.25, 0.3) is 0 Å². The molecule has 1 rings (SSSR count). The summed E-state index contributed by atoms with van der Waals surface area (Å²) < 4.78 is 5.42. The molecule has 3 nitrogen and oxygen atoms in total. The first kappa shape index (κ1) is 11.5. The zero-order valence-corrected chi connectivity index (χ0v) is 9.19. The number of aliphatic hydroxyl groups is 1. The van der Waals surface area contributed by atoms with Crippen LogP contribution in [0.4, 0.5) is 0 Å². The van der Waals surface area contributed by atoms with Crippen molar-refractivity contribution < 1.29 is 9.84 Å². The lowest BCUT2D eigenvalue weighted by atomic mass is 10.1. The molecule has 0 fully saturated rings. The number of ether oxygens (including phenoxy) is 1. The highest BCUT2D eigenvalue weighted by Crippen LogP contribution is 2.26. The van der Waals surface area contributed by atoms with Crippen LogP contribution in [0, 0.1) is 18.3 Å². The van der Waals surface area contributed by atoms with Crippen molar-refractivity contribution in [2.75, 3.05) is 0 Å². The van der Waals surface area contributed by atoms with Crippen molar-refractivity contribution in [3.63, 3.8) is 0 Å². The Morgan fingerprint density at radius 1 is 1.40 bits per heavy atom. The van der Waals surface area contributed by atoms with E-state index in [1.165, 1.54) is 0 Å². The molecule has 0 saturated heterocycles. The van der Waals surface area contributed by atoms with E-state index < -0.39 is 12.2 Å². The van der Waals surface area contributed by atoms with Gasteiger partial charge in [0, 0.05) is 5.56 Å². The van der Waals surface area contributed by atoms with Crippen molar-refractivity contribution in [1.82, 2.24) is 0 Å². The normalized spacial score (nSPS) is 14.1. The Bertz CT molecular complexity index is 380. The van der Waals surface area contributed by atoms with Crippen molar-refractivity contribution in [2.45, 2.75) is 33.0 Å². The third kappa shape index (κ3) is 2.97. The van der Waals surface area contributed by atoms with Crippen LogP contribution >= 0.6 is 0 Å². The first-order chi connectivity index (χ1) is 7.04. The van der Waals surface area contributed by atoms with E-state index in [4.69, 9.17) is 10.00 Å².